The lowest BCUT2D eigenvalue weighted by Crippen LogP contribution is -2.32. The monoisotopic (exact) mass is 454 g/mol. The number of carboxylic acid groups (broad SMARTS) is 1. The molecule has 2 N–H and O–H groups in total. The number of nitrogens with one attached hydrogen (secondary N) is 1. The van der Waals surface area contributed by atoms with E-state index in [9.17, 15) is 9.90 Å². The number of carbonyl (C=O) groups is 1. The summed E-state index contributed by atoms with van der Waals surface area (Å²) in [5.74, 6) is -0.424. The molecule has 0 bridgehead atoms. The molecular formula is C26H22N4O2S. The van der Waals surface area contributed by atoms with E-state index in [1.54, 1.807) is 17.5 Å². The minimum Gasteiger partial charge on any atom is -0.480 e. The molecule has 164 valence electrons. The second kappa shape index (κ2) is 8.96. The van der Waals surface area contributed by atoms with E-state index in [4.69, 9.17) is 0 Å². The Morgan fingerprint density at radius 1 is 1.03 bits per heavy atom. The smallest absolute Gasteiger partial charge is 0.326 e. The number of anilines is 1. The molecule has 0 amide bonds. The van der Waals surface area contributed by atoms with Gasteiger partial charge in [-0.3, -0.25) is 4.98 Å². The molecule has 0 spiro atoms. The van der Waals surface area contributed by atoms with Gasteiger partial charge in [-0.1, -0.05) is 55.5 Å². The van der Waals surface area contributed by atoms with Crippen LogP contribution in [-0.4, -0.2) is 32.1 Å². The van der Waals surface area contributed by atoms with Gasteiger partial charge in [-0.15, -0.1) is 11.3 Å². The van der Waals surface area contributed by atoms with E-state index in [1.807, 2.05) is 30.3 Å². The highest BCUT2D eigenvalue weighted by Gasteiger charge is 2.24. The molecule has 0 saturated carbocycles. The van der Waals surface area contributed by atoms with Gasteiger partial charge in [0.05, 0.1) is 5.39 Å². The van der Waals surface area contributed by atoms with Crippen LogP contribution in [0.2, 0.25) is 0 Å². The highest BCUT2D eigenvalue weighted by Crippen LogP contribution is 2.43. The number of fused-ring (bicyclic) bond motifs is 2. The lowest BCUT2D eigenvalue weighted by molar-refractivity contribution is -0.137. The van der Waals surface area contributed by atoms with E-state index in [1.165, 1.54) is 11.2 Å². The van der Waals surface area contributed by atoms with Gasteiger partial charge in [-0.25, -0.2) is 14.8 Å². The highest BCUT2D eigenvalue weighted by atomic mass is 32.1. The average molecular weight is 455 g/mol. The Bertz CT molecular complexity index is 1440. The summed E-state index contributed by atoms with van der Waals surface area (Å²) in [6.45, 7) is 2.13. The van der Waals surface area contributed by atoms with Crippen LogP contribution < -0.4 is 5.32 Å². The number of pyridine rings is 1. The van der Waals surface area contributed by atoms with Crippen molar-refractivity contribution in [1.82, 2.24) is 15.0 Å². The van der Waals surface area contributed by atoms with Crippen LogP contribution in [0.25, 0.3) is 32.1 Å². The molecule has 7 heteroatoms. The van der Waals surface area contributed by atoms with E-state index >= 15 is 0 Å². The van der Waals surface area contributed by atoms with Crippen LogP contribution >= 0.6 is 11.3 Å². The average Bonchev–Trinajstić information content (AvgIpc) is 3.23. The lowest BCUT2D eigenvalue weighted by atomic mass is 9.96. The van der Waals surface area contributed by atoms with Gasteiger partial charge in [0.15, 0.2) is 0 Å². The van der Waals surface area contributed by atoms with Crippen molar-refractivity contribution < 1.29 is 9.90 Å². The third-order valence-electron chi connectivity index (χ3n) is 5.69. The molecular weight excluding hydrogens is 432 g/mol. The molecule has 5 rings (SSSR count). The third-order valence-corrected chi connectivity index (χ3v) is 6.93. The van der Waals surface area contributed by atoms with Crippen LogP contribution in [0.3, 0.4) is 0 Å². The molecule has 0 aliphatic carbocycles. The van der Waals surface area contributed by atoms with E-state index < -0.39 is 12.0 Å². The number of benzene rings is 2. The van der Waals surface area contributed by atoms with Crippen molar-refractivity contribution in [3.05, 3.63) is 83.8 Å². The molecule has 1 unspecified atom stereocenters. The maximum absolute atomic E-state index is 12.1. The summed E-state index contributed by atoms with van der Waals surface area (Å²) in [5.41, 5.74) is 2.88. The van der Waals surface area contributed by atoms with Crippen LogP contribution in [0, 0.1) is 0 Å². The molecule has 3 aromatic heterocycles. The van der Waals surface area contributed by atoms with Crippen LogP contribution in [0.15, 0.2) is 73.2 Å². The normalized spacial score (nSPS) is 12.2. The van der Waals surface area contributed by atoms with Crippen LogP contribution in [0.5, 0.6) is 0 Å². The van der Waals surface area contributed by atoms with Gasteiger partial charge in [0.1, 0.15) is 23.0 Å². The Morgan fingerprint density at radius 2 is 1.85 bits per heavy atom. The molecule has 0 fully saturated rings. The summed E-state index contributed by atoms with van der Waals surface area (Å²) in [4.78, 5) is 27.4. The van der Waals surface area contributed by atoms with Gasteiger partial charge >= 0.3 is 5.97 Å². The van der Waals surface area contributed by atoms with Gasteiger partial charge in [-0.2, -0.15) is 0 Å². The number of nitrogens with zero attached hydrogens (tertiary/aromatic N) is 3. The zero-order valence-electron chi connectivity index (χ0n) is 18.0. The summed E-state index contributed by atoms with van der Waals surface area (Å²) >= 11 is 1.63. The second-order valence-electron chi connectivity index (χ2n) is 7.74. The fraction of sp³-hybridized carbons (Fsp3) is 0.154. The van der Waals surface area contributed by atoms with Crippen molar-refractivity contribution in [1.29, 1.82) is 0 Å². The first kappa shape index (κ1) is 21.0. The molecule has 6 nitrogen and oxygen atoms in total. The van der Waals surface area contributed by atoms with E-state index in [0.717, 1.165) is 38.5 Å². The maximum Gasteiger partial charge on any atom is 0.326 e. The number of hydrogen-bond donors (Lipinski definition) is 2. The maximum atomic E-state index is 12.1. The topological polar surface area (TPSA) is 88.0 Å². The molecule has 1 atom stereocenters. The quantitative estimate of drug-likeness (QED) is 0.334. The number of aryl methyl sites for hydroxylation is 1. The third kappa shape index (κ3) is 4.03. The minimum absolute atomic E-state index is 0.246. The molecule has 3 heterocycles. The summed E-state index contributed by atoms with van der Waals surface area (Å²) in [6, 6.07) is 19.2. The number of thiophene rings is 1. The minimum atomic E-state index is -0.954. The van der Waals surface area contributed by atoms with Gasteiger partial charge in [0.25, 0.3) is 0 Å². The number of aliphatic carboxylic acids is 1. The highest BCUT2D eigenvalue weighted by molar-refractivity contribution is 7.19. The molecule has 0 aliphatic rings. The number of rotatable bonds is 7. The molecule has 0 saturated heterocycles. The Morgan fingerprint density at radius 3 is 2.64 bits per heavy atom. The largest absolute Gasteiger partial charge is 0.480 e. The lowest BCUT2D eigenvalue weighted by Gasteiger charge is -2.16. The second-order valence-corrected chi connectivity index (χ2v) is 8.83. The van der Waals surface area contributed by atoms with Crippen molar-refractivity contribution in [2.24, 2.45) is 0 Å². The van der Waals surface area contributed by atoms with E-state index in [-0.39, 0.29) is 6.42 Å². The predicted molar refractivity (Wildman–Crippen MR) is 133 cm³/mol. The summed E-state index contributed by atoms with van der Waals surface area (Å²) in [6.07, 6.45) is 4.25. The van der Waals surface area contributed by atoms with Crippen molar-refractivity contribution in [3.63, 3.8) is 0 Å². The zero-order valence-corrected chi connectivity index (χ0v) is 18.8. The molecule has 2 aromatic carbocycles. The zero-order chi connectivity index (χ0) is 22.8. The van der Waals surface area contributed by atoms with Crippen molar-refractivity contribution in [2.45, 2.75) is 25.8 Å². The van der Waals surface area contributed by atoms with Gasteiger partial charge in [0, 0.05) is 28.8 Å². The van der Waals surface area contributed by atoms with E-state index in [0.29, 0.717) is 11.5 Å². The molecule has 0 radical (unpaired) electrons. The fourth-order valence-corrected chi connectivity index (χ4v) is 5.25. The fourth-order valence-electron chi connectivity index (χ4n) is 4.16. The summed E-state index contributed by atoms with van der Waals surface area (Å²) in [5, 5.41) is 16.3. The molecule has 0 aliphatic heterocycles. The van der Waals surface area contributed by atoms with Crippen LogP contribution in [-0.2, 0) is 17.6 Å². The molecule has 5 aromatic rings. The Kier molecular flexibility index (Phi) is 5.71. The number of hydrogen-bond acceptors (Lipinski definition) is 6. The van der Waals surface area contributed by atoms with Gasteiger partial charge < -0.3 is 10.4 Å². The number of aromatic nitrogens is 3. The predicted octanol–water partition coefficient (Wildman–Crippen LogP) is 5.58. The van der Waals surface area contributed by atoms with E-state index in [2.05, 4.69) is 57.5 Å². The van der Waals surface area contributed by atoms with Crippen molar-refractivity contribution in [3.8, 4) is 11.1 Å². The first-order chi connectivity index (χ1) is 16.2. The first-order valence-electron chi connectivity index (χ1n) is 10.8. The van der Waals surface area contributed by atoms with Gasteiger partial charge in [0.2, 0.25) is 0 Å². The Labute approximate surface area is 195 Å². The number of carboxylic acids is 1. The standard InChI is InChI=1S/C26H22N4O2S/c1-2-21-22(19-12-7-9-16-8-3-4-11-18(16)19)23-24(28-15-29-25(23)33-21)30-20(26(31)32)14-17-10-5-6-13-27-17/h3-13,15,20H,2,14H2,1H3,(H,31,32)(H,28,29,30). The summed E-state index contributed by atoms with van der Waals surface area (Å²) < 4.78 is 0. The Balaban J connectivity index is 1.66. The SMILES string of the molecule is CCc1sc2ncnc(NC(Cc3ccccn3)C(=O)O)c2c1-c1cccc2ccccc12. The van der Waals surface area contributed by atoms with Crippen LogP contribution in [0.1, 0.15) is 17.5 Å². The van der Waals surface area contributed by atoms with Crippen LogP contribution in [0.4, 0.5) is 5.82 Å². The first-order valence-corrected chi connectivity index (χ1v) is 11.6. The van der Waals surface area contributed by atoms with Gasteiger partial charge in [-0.05, 0) is 34.9 Å². The summed E-state index contributed by atoms with van der Waals surface area (Å²) in [7, 11) is 0. The Hall–Kier alpha value is -3.84. The molecule has 33 heavy (non-hydrogen) atoms. The van der Waals surface area contributed by atoms with Crippen molar-refractivity contribution >= 4 is 44.1 Å². The van der Waals surface area contributed by atoms with Crippen molar-refractivity contribution in [2.75, 3.05) is 5.32 Å².